The molecule has 1 heterocycles. The van der Waals surface area contributed by atoms with Crippen LogP contribution in [0, 0.1) is 0 Å². The number of hydrogen-bond acceptors (Lipinski definition) is 2. The van der Waals surface area contributed by atoms with Crippen molar-refractivity contribution in [3.8, 4) is 5.88 Å². The number of alkyl halides is 3. The van der Waals surface area contributed by atoms with E-state index in [1.807, 2.05) is 0 Å². The first-order valence-electron chi connectivity index (χ1n) is 3.67. The zero-order valence-corrected chi connectivity index (χ0v) is 9.57. The van der Waals surface area contributed by atoms with Gasteiger partial charge in [0.05, 0.1) is 23.4 Å². The number of pyridine rings is 1. The maximum Gasteiger partial charge on any atom is 0.267 e. The highest BCUT2D eigenvalue weighted by atomic mass is 79.9. The minimum atomic E-state index is -2.63. The Morgan fingerprint density at radius 3 is 2.71 bits per heavy atom. The molecular weight excluding hydrogens is 279 g/mol. The molecule has 14 heavy (non-hydrogen) atoms. The Labute approximate surface area is 93.4 Å². The van der Waals surface area contributed by atoms with Gasteiger partial charge in [-0.15, -0.1) is 0 Å². The highest BCUT2D eigenvalue weighted by Gasteiger charge is 2.19. The van der Waals surface area contributed by atoms with Crippen molar-refractivity contribution in [3.05, 3.63) is 22.3 Å². The van der Waals surface area contributed by atoms with Crippen LogP contribution in [0.5, 0.6) is 5.88 Å². The highest BCUT2D eigenvalue weighted by Crippen LogP contribution is 2.32. The summed E-state index contributed by atoms with van der Waals surface area (Å²) in [7, 11) is 1.40. The maximum absolute atomic E-state index is 12.5. The van der Waals surface area contributed by atoms with Gasteiger partial charge >= 0.3 is 0 Å². The smallest absolute Gasteiger partial charge is 0.267 e. The fourth-order valence-electron chi connectivity index (χ4n) is 0.986. The van der Waals surface area contributed by atoms with Gasteiger partial charge in [-0.05, 0) is 0 Å². The van der Waals surface area contributed by atoms with Crippen LogP contribution in [0.4, 0.5) is 8.78 Å². The molecule has 0 fully saturated rings. The molecular formula is C8H7BrClF2NO. The van der Waals surface area contributed by atoms with Crippen molar-refractivity contribution in [2.75, 3.05) is 7.11 Å². The van der Waals surface area contributed by atoms with Crippen molar-refractivity contribution in [1.82, 2.24) is 4.98 Å². The second-order valence-electron chi connectivity index (χ2n) is 2.44. The third kappa shape index (κ3) is 2.33. The second-order valence-corrected chi connectivity index (χ2v) is 3.41. The number of ether oxygens (including phenoxy) is 1. The molecule has 0 spiro atoms. The second kappa shape index (κ2) is 4.89. The molecule has 1 rings (SSSR count). The summed E-state index contributed by atoms with van der Waals surface area (Å²) in [6.45, 7) is 0. The van der Waals surface area contributed by atoms with Gasteiger partial charge in [-0.3, -0.25) is 0 Å². The van der Waals surface area contributed by atoms with E-state index in [0.717, 1.165) is 0 Å². The van der Waals surface area contributed by atoms with Crippen molar-refractivity contribution in [2.24, 2.45) is 0 Å². The first kappa shape index (κ1) is 11.7. The fraction of sp³-hybridized carbons (Fsp3) is 0.375. The van der Waals surface area contributed by atoms with E-state index in [1.165, 1.54) is 13.2 Å². The van der Waals surface area contributed by atoms with Gasteiger partial charge in [-0.25, -0.2) is 13.8 Å². The molecule has 0 aliphatic heterocycles. The van der Waals surface area contributed by atoms with Crippen molar-refractivity contribution in [3.63, 3.8) is 0 Å². The normalized spacial score (nSPS) is 10.7. The van der Waals surface area contributed by atoms with Gasteiger partial charge in [0.15, 0.2) is 0 Å². The number of halogens is 4. The van der Waals surface area contributed by atoms with Crippen LogP contribution in [-0.2, 0) is 5.33 Å². The van der Waals surface area contributed by atoms with Crippen LogP contribution in [0.15, 0.2) is 6.07 Å². The standard InChI is InChI=1S/C8H7BrClF2NO/c1-14-6-2-4(10)7(8(11)12)5(3-9)13-6/h2,8H,3H2,1H3. The van der Waals surface area contributed by atoms with E-state index < -0.39 is 6.43 Å². The van der Waals surface area contributed by atoms with Gasteiger partial charge < -0.3 is 4.74 Å². The molecule has 0 radical (unpaired) electrons. The van der Waals surface area contributed by atoms with Crippen LogP contribution >= 0.6 is 27.5 Å². The van der Waals surface area contributed by atoms with Gasteiger partial charge in [0.25, 0.3) is 6.43 Å². The first-order chi connectivity index (χ1) is 6.60. The van der Waals surface area contributed by atoms with E-state index in [1.54, 1.807) is 0 Å². The Bertz CT molecular complexity index is 335. The molecule has 2 nitrogen and oxygen atoms in total. The van der Waals surface area contributed by atoms with Crippen LogP contribution in [0.2, 0.25) is 5.02 Å². The molecule has 0 saturated carbocycles. The van der Waals surface area contributed by atoms with Crippen LogP contribution in [-0.4, -0.2) is 12.1 Å². The minimum Gasteiger partial charge on any atom is -0.481 e. The Kier molecular flexibility index (Phi) is 4.07. The van der Waals surface area contributed by atoms with Gasteiger partial charge in [-0.2, -0.15) is 0 Å². The minimum absolute atomic E-state index is 0.0266. The fourth-order valence-corrected chi connectivity index (χ4v) is 1.70. The molecule has 0 aliphatic carbocycles. The van der Waals surface area contributed by atoms with Gasteiger partial charge in [-0.1, -0.05) is 27.5 Å². The van der Waals surface area contributed by atoms with E-state index in [-0.39, 0.29) is 27.5 Å². The summed E-state index contributed by atoms with van der Waals surface area (Å²) < 4.78 is 29.9. The summed E-state index contributed by atoms with van der Waals surface area (Å²) >= 11 is 8.73. The highest BCUT2D eigenvalue weighted by molar-refractivity contribution is 9.08. The molecule has 0 unspecified atom stereocenters. The van der Waals surface area contributed by atoms with Gasteiger partial charge in [0.2, 0.25) is 5.88 Å². The monoisotopic (exact) mass is 285 g/mol. The zero-order valence-electron chi connectivity index (χ0n) is 7.23. The molecule has 1 aromatic rings. The largest absolute Gasteiger partial charge is 0.481 e. The number of rotatable bonds is 3. The molecule has 0 bridgehead atoms. The third-order valence-corrected chi connectivity index (χ3v) is 2.46. The summed E-state index contributed by atoms with van der Waals surface area (Å²) in [5, 5.41) is 0.185. The molecule has 0 saturated heterocycles. The SMILES string of the molecule is COc1cc(Cl)c(C(F)F)c(CBr)n1. The van der Waals surface area contributed by atoms with E-state index in [4.69, 9.17) is 16.3 Å². The molecule has 78 valence electrons. The number of hydrogen-bond donors (Lipinski definition) is 0. The Morgan fingerprint density at radius 1 is 1.64 bits per heavy atom. The number of methoxy groups -OCH3 is 1. The Morgan fingerprint density at radius 2 is 2.29 bits per heavy atom. The summed E-state index contributed by atoms with van der Waals surface area (Å²) in [5.41, 5.74) is -0.0475. The quantitative estimate of drug-likeness (QED) is 0.792. The maximum atomic E-state index is 12.5. The van der Waals surface area contributed by atoms with Crippen LogP contribution in [0.1, 0.15) is 17.7 Å². The summed E-state index contributed by atoms with van der Waals surface area (Å²) in [5.74, 6) is 0.230. The predicted molar refractivity (Wildman–Crippen MR) is 53.4 cm³/mol. The lowest BCUT2D eigenvalue weighted by atomic mass is 10.2. The topological polar surface area (TPSA) is 22.1 Å². The molecule has 0 aliphatic rings. The van der Waals surface area contributed by atoms with E-state index >= 15 is 0 Å². The lowest BCUT2D eigenvalue weighted by molar-refractivity contribution is 0.150. The van der Waals surface area contributed by atoms with Crippen molar-refractivity contribution in [2.45, 2.75) is 11.8 Å². The van der Waals surface area contributed by atoms with Gasteiger partial charge in [0, 0.05) is 11.4 Å². The molecule has 1 aromatic heterocycles. The van der Waals surface area contributed by atoms with E-state index in [9.17, 15) is 8.78 Å². The molecule has 0 N–H and O–H groups in total. The number of nitrogens with zero attached hydrogens (tertiary/aromatic N) is 1. The van der Waals surface area contributed by atoms with Crippen molar-refractivity contribution >= 4 is 27.5 Å². The number of aromatic nitrogens is 1. The molecule has 0 amide bonds. The molecule has 6 heteroatoms. The van der Waals surface area contributed by atoms with Gasteiger partial charge in [0.1, 0.15) is 0 Å². The zero-order chi connectivity index (χ0) is 10.7. The predicted octanol–water partition coefficient (Wildman–Crippen LogP) is 3.58. The molecule has 0 atom stereocenters. The van der Waals surface area contributed by atoms with Crippen molar-refractivity contribution < 1.29 is 13.5 Å². The summed E-state index contributed by atoms with van der Waals surface area (Å²) in [6.07, 6.45) is -2.63. The lowest BCUT2D eigenvalue weighted by Gasteiger charge is -2.09. The third-order valence-electron chi connectivity index (χ3n) is 1.62. The first-order valence-corrected chi connectivity index (χ1v) is 5.17. The average Bonchev–Trinajstić information content (AvgIpc) is 2.15. The Balaban J connectivity index is 3.27. The van der Waals surface area contributed by atoms with Crippen LogP contribution < -0.4 is 4.74 Å². The lowest BCUT2D eigenvalue weighted by Crippen LogP contribution is -1.99. The van der Waals surface area contributed by atoms with E-state index in [2.05, 4.69) is 20.9 Å². The van der Waals surface area contributed by atoms with Crippen LogP contribution in [0.3, 0.4) is 0 Å². The van der Waals surface area contributed by atoms with Crippen molar-refractivity contribution in [1.29, 1.82) is 0 Å². The van der Waals surface area contributed by atoms with Crippen LogP contribution in [0.25, 0.3) is 0 Å². The average molecular weight is 287 g/mol. The summed E-state index contributed by atoms with van der Waals surface area (Å²) in [4.78, 5) is 3.86. The summed E-state index contributed by atoms with van der Waals surface area (Å²) in [6, 6.07) is 1.27. The molecule has 0 aromatic carbocycles. The Hall–Kier alpha value is -0.420. The van der Waals surface area contributed by atoms with E-state index in [0.29, 0.717) is 0 Å².